The molecule has 106 valence electrons. The molecule has 1 rings (SSSR count). The lowest BCUT2D eigenvalue weighted by atomic mass is 10.1. The maximum atomic E-state index is 12.2. The Balaban J connectivity index is 2.80. The number of nitrogens with two attached hydrogens (primary N) is 1. The Bertz CT molecular complexity index is 424. The number of nitrogens with one attached hydrogen (secondary N) is 1. The highest BCUT2D eigenvalue weighted by molar-refractivity contribution is 7.98. The predicted molar refractivity (Wildman–Crippen MR) is 82.0 cm³/mol. The zero-order valence-electron chi connectivity index (χ0n) is 11.7. The SMILES string of the molecule is CCOc1cc(N)cc(C(=O)NC(CC)CSC)c1. The second kappa shape index (κ2) is 7.94. The van der Waals surface area contributed by atoms with E-state index >= 15 is 0 Å². The van der Waals surface area contributed by atoms with Gasteiger partial charge in [0.2, 0.25) is 0 Å². The van der Waals surface area contributed by atoms with Gasteiger partial charge in [-0.3, -0.25) is 4.79 Å². The fourth-order valence-corrected chi connectivity index (χ4v) is 2.46. The van der Waals surface area contributed by atoms with Crippen LogP contribution in [0.15, 0.2) is 18.2 Å². The van der Waals surface area contributed by atoms with Crippen molar-refractivity contribution in [1.82, 2.24) is 5.32 Å². The van der Waals surface area contributed by atoms with Gasteiger partial charge < -0.3 is 15.8 Å². The summed E-state index contributed by atoms with van der Waals surface area (Å²) in [4.78, 5) is 12.2. The van der Waals surface area contributed by atoms with Gasteiger partial charge in [-0.1, -0.05) is 6.92 Å². The molecule has 0 heterocycles. The number of nitrogen functional groups attached to an aromatic ring is 1. The van der Waals surface area contributed by atoms with Crippen molar-refractivity contribution in [3.8, 4) is 5.75 Å². The van der Waals surface area contributed by atoms with E-state index in [1.807, 2.05) is 13.2 Å². The fraction of sp³-hybridized carbons (Fsp3) is 0.500. The van der Waals surface area contributed by atoms with Crippen LogP contribution in [-0.2, 0) is 0 Å². The van der Waals surface area contributed by atoms with Gasteiger partial charge in [0.05, 0.1) is 6.61 Å². The van der Waals surface area contributed by atoms with Crippen LogP contribution in [-0.4, -0.2) is 30.6 Å². The minimum atomic E-state index is -0.103. The summed E-state index contributed by atoms with van der Waals surface area (Å²) in [7, 11) is 0. The first-order chi connectivity index (χ1) is 9.10. The summed E-state index contributed by atoms with van der Waals surface area (Å²) in [5.41, 5.74) is 6.87. The van der Waals surface area contributed by atoms with Gasteiger partial charge in [0, 0.05) is 29.1 Å². The Morgan fingerprint density at radius 3 is 2.74 bits per heavy atom. The number of hydrogen-bond donors (Lipinski definition) is 2. The van der Waals surface area contributed by atoms with E-state index in [0.717, 1.165) is 12.2 Å². The van der Waals surface area contributed by atoms with Gasteiger partial charge in [0.25, 0.3) is 5.91 Å². The van der Waals surface area contributed by atoms with E-state index in [-0.39, 0.29) is 11.9 Å². The number of anilines is 1. The number of benzene rings is 1. The summed E-state index contributed by atoms with van der Waals surface area (Å²) in [5, 5.41) is 3.01. The number of carbonyl (C=O) groups excluding carboxylic acids is 1. The summed E-state index contributed by atoms with van der Waals surface area (Å²) >= 11 is 1.72. The molecule has 5 heteroatoms. The highest BCUT2D eigenvalue weighted by Crippen LogP contribution is 2.19. The number of hydrogen-bond acceptors (Lipinski definition) is 4. The average molecular weight is 282 g/mol. The van der Waals surface area contributed by atoms with Crippen LogP contribution in [0.3, 0.4) is 0 Å². The molecule has 0 spiro atoms. The van der Waals surface area contributed by atoms with Crippen LogP contribution in [0, 0.1) is 0 Å². The molecule has 1 aromatic carbocycles. The van der Waals surface area contributed by atoms with Gasteiger partial charge in [0.1, 0.15) is 5.75 Å². The van der Waals surface area contributed by atoms with Gasteiger partial charge >= 0.3 is 0 Å². The molecule has 1 atom stereocenters. The van der Waals surface area contributed by atoms with Crippen LogP contribution in [0.25, 0.3) is 0 Å². The lowest BCUT2D eigenvalue weighted by Gasteiger charge is -2.16. The average Bonchev–Trinajstić information content (AvgIpc) is 2.37. The van der Waals surface area contributed by atoms with Crippen LogP contribution in [0.2, 0.25) is 0 Å². The van der Waals surface area contributed by atoms with Crippen molar-refractivity contribution < 1.29 is 9.53 Å². The van der Waals surface area contributed by atoms with E-state index in [2.05, 4.69) is 12.2 Å². The van der Waals surface area contributed by atoms with E-state index in [9.17, 15) is 4.79 Å². The number of amides is 1. The minimum Gasteiger partial charge on any atom is -0.494 e. The van der Waals surface area contributed by atoms with Crippen LogP contribution < -0.4 is 15.8 Å². The molecule has 0 radical (unpaired) electrons. The quantitative estimate of drug-likeness (QED) is 0.754. The zero-order chi connectivity index (χ0) is 14.3. The molecule has 1 unspecified atom stereocenters. The smallest absolute Gasteiger partial charge is 0.251 e. The monoisotopic (exact) mass is 282 g/mol. The van der Waals surface area contributed by atoms with Crippen molar-refractivity contribution in [2.45, 2.75) is 26.3 Å². The highest BCUT2D eigenvalue weighted by Gasteiger charge is 2.13. The Hall–Kier alpha value is -1.36. The van der Waals surface area contributed by atoms with Crippen LogP contribution in [0.4, 0.5) is 5.69 Å². The molecule has 0 aliphatic rings. The Labute approximate surface area is 119 Å². The molecule has 0 saturated carbocycles. The van der Waals surface area contributed by atoms with Crippen molar-refractivity contribution >= 4 is 23.4 Å². The van der Waals surface area contributed by atoms with E-state index in [0.29, 0.717) is 23.6 Å². The third kappa shape index (κ3) is 5.03. The Morgan fingerprint density at radius 1 is 1.42 bits per heavy atom. The lowest BCUT2D eigenvalue weighted by molar-refractivity contribution is 0.0939. The molecular weight excluding hydrogens is 260 g/mol. The molecule has 0 aliphatic carbocycles. The van der Waals surface area contributed by atoms with Crippen molar-refractivity contribution in [3.05, 3.63) is 23.8 Å². The summed E-state index contributed by atoms with van der Waals surface area (Å²) in [6.07, 6.45) is 2.94. The molecule has 1 aromatic rings. The molecule has 0 fully saturated rings. The number of carbonyl (C=O) groups is 1. The van der Waals surface area contributed by atoms with Crippen molar-refractivity contribution in [2.24, 2.45) is 0 Å². The maximum Gasteiger partial charge on any atom is 0.251 e. The van der Waals surface area contributed by atoms with E-state index < -0.39 is 0 Å². The largest absolute Gasteiger partial charge is 0.494 e. The Morgan fingerprint density at radius 2 is 2.16 bits per heavy atom. The first-order valence-electron chi connectivity index (χ1n) is 6.43. The second-order valence-electron chi connectivity index (χ2n) is 4.26. The van der Waals surface area contributed by atoms with Crippen LogP contribution in [0.1, 0.15) is 30.6 Å². The molecule has 0 aliphatic heterocycles. The number of thioether (sulfide) groups is 1. The van der Waals surface area contributed by atoms with Gasteiger partial charge in [-0.15, -0.1) is 0 Å². The van der Waals surface area contributed by atoms with Gasteiger partial charge in [-0.25, -0.2) is 0 Å². The third-order valence-electron chi connectivity index (χ3n) is 2.70. The van der Waals surface area contributed by atoms with Crippen molar-refractivity contribution in [1.29, 1.82) is 0 Å². The maximum absolute atomic E-state index is 12.2. The molecule has 4 nitrogen and oxygen atoms in total. The van der Waals surface area contributed by atoms with Gasteiger partial charge in [-0.05, 0) is 31.7 Å². The zero-order valence-corrected chi connectivity index (χ0v) is 12.5. The van der Waals surface area contributed by atoms with E-state index in [1.54, 1.807) is 30.0 Å². The first-order valence-corrected chi connectivity index (χ1v) is 7.83. The molecule has 19 heavy (non-hydrogen) atoms. The molecule has 3 N–H and O–H groups in total. The first kappa shape index (κ1) is 15.7. The molecule has 0 bridgehead atoms. The molecule has 0 saturated heterocycles. The summed E-state index contributed by atoms with van der Waals surface area (Å²) in [6.45, 7) is 4.51. The van der Waals surface area contributed by atoms with E-state index in [4.69, 9.17) is 10.5 Å². The molecule has 0 aromatic heterocycles. The second-order valence-corrected chi connectivity index (χ2v) is 5.17. The summed E-state index contributed by atoms with van der Waals surface area (Å²) in [6, 6.07) is 5.30. The highest BCUT2D eigenvalue weighted by atomic mass is 32.2. The predicted octanol–water partition coefficient (Wildman–Crippen LogP) is 2.54. The van der Waals surface area contributed by atoms with Crippen molar-refractivity contribution in [2.75, 3.05) is 24.3 Å². The van der Waals surface area contributed by atoms with Gasteiger partial charge in [0.15, 0.2) is 0 Å². The van der Waals surface area contributed by atoms with Crippen molar-refractivity contribution in [3.63, 3.8) is 0 Å². The van der Waals surface area contributed by atoms with E-state index in [1.165, 1.54) is 0 Å². The number of ether oxygens (including phenoxy) is 1. The third-order valence-corrected chi connectivity index (χ3v) is 3.43. The number of rotatable bonds is 7. The summed E-state index contributed by atoms with van der Waals surface area (Å²) in [5.74, 6) is 1.43. The minimum absolute atomic E-state index is 0.103. The molecule has 1 amide bonds. The van der Waals surface area contributed by atoms with Gasteiger partial charge in [-0.2, -0.15) is 11.8 Å². The fourth-order valence-electron chi connectivity index (χ4n) is 1.73. The lowest BCUT2D eigenvalue weighted by Crippen LogP contribution is -2.36. The molecular formula is C14H22N2O2S. The standard InChI is InChI=1S/C14H22N2O2S/c1-4-12(9-19-3)16-14(17)10-6-11(15)8-13(7-10)18-5-2/h6-8,12H,4-5,9,15H2,1-3H3,(H,16,17). The Kier molecular flexibility index (Phi) is 6.56. The topological polar surface area (TPSA) is 64.3 Å². The van der Waals surface area contributed by atoms with Crippen LogP contribution >= 0.6 is 11.8 Å². The van der Waals surface area contributed by atoms with Crippen LogP contribution in [0.5, 0.6) is 5.75 Å². The normalized spacial score (nSPS) is 11.9. The summed E-state index contributed by atoms with van der Waals surface area (Å²) < 4.78 is 5.39.